The molecule has 92 valence electrons. The molecule has 0 atom stereocenters. The number of hydrogen-bond donors (Lipinski definition) is 2. The lowest BCUT2D eigenvalue weighted by Gasteiger charge is -2.06. The van der Waals surface area contributed by atoms with Crippen LogP contribution in [0.1, 0.15) is 10.4 Å². The summed E-state index contributed by atoms with van der Waals surface area (Å²) in [5, 5.41) is 5.75. The minimum Gasteiger partial charge on any atom is -0.383 e. The number of carbonyl (C=O) groups is 1. The van der Waals surface area contributed by atoms with Crippen molar-refractivity contribution in [1.29, 1.82) is 0 Å². The molecular formula is C12H17N3O2. The molecule has 1 aromatic heterocycles. The van der Waals surface area contributed by atoms with Gasteiger partial charge in [-0.1, -0.05) is 6.08 Å². The minimum atomic E-state index is -0.152. The molecule has 0 saturated heterocycles. The van der Waals surface area contributed by atoms with E-state index >= 15 is 0 Å². The molecule has 1 rings (SSSR count). The average molecular weight is 235 g/mol. The number of nitrogens with zero attached hydrogens (tertiary/aromatic N) is 1. The number of anilines is 1. The molecule has 0 radical (unpaired) electrons. The van der Waals surface area contributed by atoms with Crippen molar-refractivity contribution in [3.63, 3.8) is 0 Å². The highest BCUT2D eigenvalue weighted by atomic mass is 16.5. The van der Waals surface area contributed by atoms with E-state index in [0.717, 1.165) is 5.82 Å². The summed E-state index contributed by atoms with van der Waals surface area (Å²) in [4.78, 5) is 15.7. The van der Waals surface area contributed by atoms with E-state index < -0.39 is 0 Å². The van der Waals surface area contributed by atoms with Gasteiger partial charge in [0.05, 0.1) is 12.2 Å². The van der Waals surface area contributed by atoms with E-state index in [2.05, 4.69) is 22.2 Å². The lowest BCUT2D eigenvalue weighted by molar-refractivity contribution is 0.0957. The third kappa shape index (κ3) is 4.65. The highest BCUT2D eigenvalue weighted by molar-refractivity contribution is 5.94. The maximum atomic E-state index is 11.5. The molecule has 0 aliphatic heterocycles. The summed E-state index contributed by atoms with van der Waals surface area (Å²) < 4.78 is 4.91. The Morgan fingerprint density at radius 3 is 3.00 bits per heavy atom. The zero-order chi connectivity index (χ0) is 12.5. The molecule has 0 spiro atoms. The Morgan fingerprint density at radius 2 is 2.41 bits per heavy atom. The summed E-state index contributed by atoms with van der Waals surface area (Å²) in [6, 6.07) is 3.49. The van der Waals surface area contributed by atoms with Gasteiger partial charge in [0.15, 0.2) is 0 Å². The van der Waals surface area contributed by atoms with Crippen LogP contribution in [0.15, 0.2) is 31.0 Å². The zero-order valence-electron chi connectivity index (χ0n) is 9.90. The van der Waals surface area contributed by atoms with Gasteiger partial charge in [-0.05, 0) is 12.1 Å². The number of aromatic nitrogens is 1. The topological polar surface area (TPSA) is 63.2 Å². The first kappa shape index (κ1) is 13.2. The molecule has 0 unspecified atom stereocenters. The largest absolute Gasteiger partial charge is 0.383 e. The number of pyridine rings is 1. The van der Waals surface area contributed by atoms with E-state index in [1.807, 2.05) is 0 Å². The van der Waals surface area contributed by atoms with E-state index in [1.54, 1.807) is 25.3 Å². The summed E-state index contributed by atoms with van der Waals surface area (Å²) >= 11 is 0. The molecule has 1 amide bonds. The lowest BCUT2D eigenvalue weighted by Crippen LogP contribution is -2.23. The maximum absolute atomic E-state index is 11.5. The lowest BCUT2D eigenvalue weighted by atomic mass is 10.2. The van der Waals surface area contributed by atoms with Gasteiger partial charge < -0.3 is 15.4 Å². The van der Waals surface area contributed by atoms with Crippen LogP contribution in [-0.4, -0.2) is 37.7 Å². The summed E-state index contributed by atoms with van der Waals surface area (Å²) in [6.07, 6.45) is 3.17. The van der Waals surface area contributed by atoms with Crippen LogP contribution in [0.25, 0.3) is 0 Å². The van der Waals surface area contributed by atoms with E-state index in [1.165, 1.54) is 6.20 Å². The molecule has 5 heteroatoms. The molecule has 5 nitrogen and oxygen atoms in total. The van der Waals surface area contributed by atoms with Crippen molar-refractivity contribution in [3.8, 4) is 0 Å². The van der Waals surface area contributed by atoms with Crippen molar-refractivity contribution in [1.82, 2.24) is 10.3 Å². The second kappa shape index (κ2) is 7.40. The Kier molecular flexibility index (Phi) is 5.74. The van der Waals surface area contributed by atoms with E-state index in [9.17, 15) is 4.79 Å². The first-order valence-corrected chi connectivity index (χ1v) is 5.36. The van der Waals surface area contributed by atoms with Crippen molar-refractivity contribution in [2.45, 2.75) is 0 Å². The third-order valence-electron chi connectivity index (χ3n) is 2.04. The second-order valence-corrected chi connectivity index (χ2v) is 3.35. The van der Waals surface area contributed by atoms with Crippen LogP contribution in [-0.2, 0) is 4.74 Å². The number of methoxy groups -OCH3 is 1. The Hall–Kier alpha value is -1.88. The molecule has 0 aliphatic carbocycles. The number of amides is 1. The van der Waals surface area contributed by atoms with Gasteiger partial charge in [-0.3, -0.25) is 4.79 Å². The molecule has 1 aromatic rings. The van der Waals surface area contributed by atoms with Crippen LogP contribution in [0.2, 0.25) is 0 Å². The molecule has 0 aromatic carbocycles. The second-order valence-electron chi connectivity index (χ2n) is 3.35. The van der Waals surface area contributed by atoms with Crippen molar-refractivity contribution in [3.05, 3.63) is 36.5 Å². The van der Waals surface area contributed by atoms with Gasteiger partial charge in [0.1, 0.15) is 5.82 Å². The number of nitrogens with one attached hydrogen (secondary N) is 2. The van der Waals surface area contributed by atoms with E-state index in [4.69, 9.17) is 4.74 Å². The standard InChI is InChI=1S/C12H17N3O2/c1-3-6-14-12(16)10-4-5-11(15-9-10)13-7-8-17-2/h3-5,9H,1,6-8H2,2H3,(H,13,15)(H,14,16). The monoisotopic (exact) mass is 235 g/mol. The summed E-state index contributed by atoms with van der Waals surface area (Å²) in [7, 11) is 1.64. The Labute approximate surface area is 101 Å². The fourth-order valence-corrected chi connectivity index (χ4v) is 1.18. The fourth-order valence-electron chi connectivity index (χ4n) is 1.18. The van der Waals surface area contributed by atoms with Crippen molar-refractivity contribution in [2.75, 3.05) is 32.1 Å². The maximum Gasteiger partial charge on any atom is 0.253 e. The highest BCUT2D eigenvalue weighted by Gasteiger charge is 2.04. The van der Waals surface area contributed by atoms with Crippen LogP contribution in [0, 0.1) is 0 Å². The Balaban J connectivity index is 2.49. The molecule has 2 N–H and O–H groups in total. The number of carbonyl (C=O) groups excluding carboxylic acids is 1. The van der Waals surface area contributed by atoms with Crippen LogP contribution in [0.3, 0.4) is 0 Å². The number of hydrogen-bond acceptors (Lipinski definition) is 4. The van der Waals surface area contributed by atoms with Gasteiger partial charge in [-0.25, -0.2) is 4.98 Å². The first-order valence-electron chi connectivity index (χ1n) is 5.36. The molecule has 0 saturated carbocycles. The van der Waals surface area contributed by atoms with E-state index in [-0.39, 0.29) is 5.91 Å². The molecular weight excluding hydrogens is 218 g/mol. The molecule has 1 heterocycles. The van der Waals surface area contributed by atoms with Crippen molar-refractivity contribution >= 4 is 11.7 Å². The van der Waals surface area contributed by atoms with Gasteiger partial charge in [0, 0.05) is 26.4 Å². The molecule has 0 bridgehead atoms. The molecule has 17 heavy (non-hydrogen) atoms. The number of ether oxygens (including phenoxy) is 1. The van der Waals surface area contributed by atoms with E-state index in [0.29, 0.717) is 25.3 Å². The van der Waals surface area contributed by atoms with Gasteiger partial charge in [0.2, 0.25) is 0 Å². The Bertz CT molecular complexity index is 363. The van der Waals surface area contributed by atoms with Gasteiger partial charge in [-0.2, -0.15) is 0 Å². The molecule has 0 aliphatic rings. The number of rotatable bonds is 7. The molecule has 0 fully saturated rings. The van der Waals surface area contributed by atoms with Gasteiger partial charge >= 0.3 is 0 Å². The fraction of sp³-hybridized carbons (Fsp3) is 0.333. The normalized spacial score (nSPS) is 9.71. The zero-order valence-corrected chi connectivity index (χ0v) is 9.90. The smallest absolute Gasteiger partial charge is 0.253 e. The van der Waals surface area contributed by atoms with Crippen molar-refractivity contribution < 1.29 is 9.53 Å². The van der Waals surface area contributed by atoms with Crippen LogP contribution < -0.4 is 10.6 Å². The van der Waals surface area contributed by atoms with Gasteiger partial charge in [-0.15, -0.1) is 6.58 Å². The van der Waals surface area contributed by atoms with Crippen LogP contribution >= 0.6 is 0 Å². The first-order chi connectivity index (χ1) is 8.27. The minimum absolute atomic E-state index is 0.152. The quantitative estimate of drug-likeness (QED) is 0.548. The van der Waals surface area contributed by atoms with Gasteiger partial charge in [0.25, 0.3) is 5.91 Å². The summed E-state index contributed by atoms with van der Waals surface area (Å²) in [6.45, 7) is 5.28. The third-order valence-corrected chi connectivity index (χ3v) is 2.04. The van der Waals surface area contributed by atoms with Crippen LogP contribution in [0.5, 0.6) is 0 Å². The van der Waals surface area contributed by atoms with Crippen LogP contribution in [0.4, 0.5) is 5.82 Å². The highest BCUT2D eigenvalue weighted by Crippen LogP contribution is 2.04. The average Bonchev–Trinajstić information content (AvgIpc) is 2.37. The Morgan fingerprint density at radius 1 is 1.59 bits per heavy atom. The van der Waals surface area contributed by atoms with Crippen molar-refractivity contribution in [2.24, 2.45) is 0 Å². The summed E-state index contributed by atoms with van der Waals surface area (Å²) in [5.41, 5.74) is 0.532. The summed E-state index contributed by atoms with van der Waals surface area (Å²) in [5.74, 6) is 0.572. The SMILES string of the molecule is C=CCNC(=O)c1ccc(NCCOC)nc1. The predicted octanol–water partition coefficient (Wildman–Crippen LogP) is 1.06. The predicted molar refractivity (Wildman–Crippen MR) is 67.1 cm³/mol.